The summed E-state index contributed by atoms with van der Waals surface area (Å²) in [6.45, 7) is 6.83. The number of aromatic nitrogens is 3. The van der Waals surface area contributed by atoms with Crippen LogP contribution >= 0.6 is 0 Å². The van der Waals surface area contributed by atoms with Crippen LogP contribution in [0.1, 0.15) is 18.6 Å². The Balaban J connectivity index is 3.01. The molecule has 9 heavy (non-hydrogen) atoms. The van der Waals surface area contributed by atoms with E-state index in [1.54, 1.807) is 0 Å². The van der Waals surface area contributed by atoms with Gasteiger partial charge in [0.15, 0.2) is 0 Å². The molecule has 0 unspecified atom stereocenters. The Hall–Kier alpha value is -0.860. The zero-order valence-electron chi connectivity index (χ0n) is 6.05. The second-order valence-corrected chi connectivity index (χ2v) is 2.02. The van der Waals surface area contributed by atoms with Gasteiger partial charge in [0.05, 0.1) is 0 Å². The van der Waals surface area contributed by atoms with Crippen LogP contribution in [0.15, 0.2) is 0 Å². The Bertz CT molecular complexity index is 202. The molecule has 0 radical (unpaired) electrons. The molecular weight excluding hydrogens is 114 g/mol. The molecule has 0 aliphatic carbocycles. The summed E-state index contributed by atoms with van der Waals surface area (Å²) in [5.74, 6) is 1.85. The van der Waals surface area contributed by atoms with E-state index in [-0.39, 0.29) is 0 Å². The average molecular weight is 125 g/mol. The van der Waals surface area contributed by atoms with Crippen molar-refractivity contribution in [2.45, 2.75) is 27.3 Å². The van der Waals surface area contributed by atoms with E-state index in [4.69, 9.17) is 0 Å². The van der Waals surface area contributed by atoms with Gasteiger partial charge in [0.25, 0.3) is 0 Å². The minimum absolute atomic E-state index is 0.856. The molecule has 0 amide bonds. The number of rotatable bonds is 1. The summed E-state index contributed by atoms with van der Waals surface area (Å²) in [4.78, 5) is 4.13. The predicted molar refractivity (Wildman–Crippen MR) is 35.2 cm³/mol. The molecule has 1 rings (SSSR count). The van der Waals surface area contributed by atoms with Gasteiger partial charge in [-0.25, -0.2) is 4.98 Å². The van der Waals surface area contributed by atoms with Gasteiger partial charge in [-0.05, 0) is 20.8 Å². The Morgan fingerprint density at radius 1 is 1.44 bits per heavy atom. The summed E-state index contributed by atoms with van der Waals surface area (Å²) >= 11 is 0. The van der Waals surface area contributed by atoms with Crippen molar-refractivity contribution in [1.29, 1.82) is 0 Å². The summed E-state index contributed by atoms with van der Waals surface area (Å²) in [6.07, 6.45) is 0. The van der Waals surface area contributed by atoms with Crippen molar-refractivity contribution >= 4 is 0 Å². The number of aryl methyl sites for hydroxylation is 3. The van der Waals surface area contributed by atoms with E-state index in [2.05, 4.69) is 17.0 Å². The van der Waals surface area contributed by atoms with E-state index < -0.39 is 0 Å². The van der Waals surface area contributed by atoms with E-state index in [1.165, 1.54) is 0 Å². The van der Waals surface area contributed by atoms with Gasteiger partial charge in [0.2, 0.25) is 0 Å². The summed E-state index contributed by atoms with van der Waals surface area (Å²) in [6, 6.07) is 0. The lowest BCUT2D eigenvalue weighted by molar-refractivity contribution is 0.631. The lowest BCUT2D eigenvalue weighted by atomic mass is 10.6. The highest BCUT2D eigenvalue weighted by molar-refractivity contribution is 4.86. The van der Waals surface area contributed by atoms with Crippen molar-refractivity contribution in [2.75, 3.05) is 0 Å². The van der Waals surface area contributed by atoms with Gasteiger partial charge >= 0.3 is 0 Å². The number of hydrogen-bond acceptors (Lipinski definition) is 2. The van der Waals surface area contributed by atoms with Crippen LogP contribution in [0.5, 0.6) is 0 Å². The van der Waals surface area contributed by atoms with Crippen LogP contribution in [0.4, 0.5) is 0 Å². The molecule has 3 nitrogen and oxygen atoms in total. The first kappa shape index (κ1) is 6.26. The predicted octanol–water partition coefficient (Wildman–Crippen LogP) is 0.915. The standard InChI is InChI=1S/C6H11N3/c1-4-9-6(3)7-5(2)8-9/h4H2,1-3H3. The number of hydrogen-bond donors (Lipinski definition) is 0. The fraction of sp³-hybridized carbons (Fsp3) is 0.667. The van der Waals surface area contributed by atoms with Gasteiger partial charge in [-0.15, -0.1) is 0 Å². The SMILES string of the molecule is CCn1nc(C)nc1C. The highest BCUT2D eigenvalue weighted by Gasteiger charge is 1.96. The quantitative estimate of drug-likeness (QED) is 0.558. The van der Waals surface area contributed by atoms with Crippen molar-refractivity contribution in [1.82, 2.24) is 14.8 Å². The smallest absolute Gasteiger partial charge is 0.147 e. The van der Waals surface area contributed by atoms with Gasteiger partial charge in [0, 0.05) is 6.54 Å². The largest absolute Gasteiger partial charge is 0.250 e. The van der Waals surface area contributed by atoms with Gasteiger partial charge in [-0.3, -0.25) is 4.68 Å². The highest BCUT2D eigenvalue weighted by Crippen LogP contribution is 1.93. The molecule has 0 aliphatic heterocycles. The summed E-state index contributed by atoms with van der Waals surface area (Å²) < 4.78 is 1.88. The van der Waals surface area contributed by atoms with Crippen LogP contribution in [0.3, 0.4) is 0 Å². The highest BCUT2D eigenvalue weighted by atomic mass is 15.3. The van der Waals surface area contributed by atoms with Crippen LogP contribution < -0.4 is 0 Å². The van der Waals surface area contributed by atoms with Crippen LogP contribution in [0, 0.1) is 13.8 Å². The first-order chi connectivity index (χ1) is 4.24. The topological polar surface area (TPSA) is 30.7 Å². The Kier molecular flexibility index (Phi) is 1.51. The monoisotopic (exact) mass is 125 g/mol. The van der Waals surface area contributed by atoms with Crippen molar-refractivity contribution < 1.29 is 0 Å². The molecule has 0 bridgehead atoms. The third-order valence-corrected chi connectivity index (χ3v) is 1.26. The Morgan fingerprint density at radius 3 is 2.33 bits per heavy atom. The molecule has 0 spiro atoms. The van der Waals surface area contributed by atoms with E-state index in [0.29, 0.717) is 0 Å². The third kappa shape index (κ3) is 1.09. The van der Waals surface area contributed by atoms with Gasteiger partial charge in [-0.2, -0.15) is 5.10 Å². The third-order valence-electron chi connectivity index (χ3n) is 1.26. The fourth-order valence-electron chi connectivity index (χ4n) is 0.861. The molecule has 0 saturated carbocycles. The summed E-state index contributed by atoms with van der Waals surface area (Å²) in [7, 11) is 0. The Morgan fingerprint density at radius 2 is 2.11 bits per heavy atom. The zero-order valence-corrected chi connectivity index (χ0v) is 6.05. The molecule has 1 aromatic rings. The second kappa shape index (κ2) is 2.17. The minimum Gasteiger partial charge on any atom is -0.250 e. The zero-order chi connectivity index (χ0) is 6.85. The molecule has 0 aromatic carbocycles. The van der Waals surface area contributed by atoms with Crippen LogP contribution in [-0.2, 0) is 6.54 Å². The average Bonchev–Trinajstić information content (AvgIpc) is 2.10. The molecule has 50 valence electrons. The summed E-state index contributed by atoms with van der Waals surface area (Å²) in [5.41, 5.74) is 0. The maximum atomic E-state index is 4.13. The first-order valence-corrected chi connectivity index (χ1v) is 3.12. The molecule has 1 aromatic heterocycles. The van der Waals surface area contributed by atoms with Crippen LogP contribution in [0.2, 0.25) is 0 Å². The van der Waals surface area contributed by atoms with Crippen molar-refractivity contribution in [3.63, 3.8) is 0 Å². The molecular formula is C6H11N3. The van der Waals surface area contributed by atoms with E-state index in [1.807, 2.05) is 18.5 Å². The van der Waals surface area contributed by atoms with E-state index in [0.717, 1.165) is 18.2 Å². The number of nitrogens with zero attached hydrogens (tertiary/aromatic N) is 3. The lowest BCUT2D eigenvalue weighted by Gasteiger charge is -1.92. The Labute approximate surface area is 54.7 Å². The normalized spacial score (nSPS) is 10.1. The second-order valence-electron chi connectivity index (χ2n) is 2.02. The molecule has 0 atom stereocenters. The maximum absolute atomic E-state index is 4.13. The molecule has 0 fully saturated rings. The summed E-state index contributed by atoms with van der Waals surface area (Å²) in [5, 5.41) is 4.13. The van der Waals surface area contributed by atoms with Crippen LogP contribution in [-0.4, -0.2) is 14.8 Å². The molecule has 0 N–H and O–H groups in total. The molecule has 3 heteroatoms. The van der Waals surface area contributed by atoms with Crippen molar-refractivity contribution in [2.24, 2.45) is 0 Å². The van der Waals surface area contributed by atoms with Crippen molar-refractivity contribution in [3.8, 4) is 0 Å². The van der Waals surface area contributed by atoms with Crippen LogP contribution in [0.25, 0.3) is 0 Å². The van der Waals surface area contributed by atoms with E-state index >= 15 is 0 Å². The fourth-order valence-corrected chi connectivity index (χ4v) is 0.861. The molecule has 1 heterocycles. The molecule has 0 aliphatic rings. The minimum atomic E-state index is 0.856. The van der Waals surface area contributed by atoms with Gasteiger partial charge in [-0.1, -0.05) is 0 Å². The maximum Gasteiger partial charge on any atom is 0.147 e. The molecule has 0 saturated heterocycles. The lowest BCUT2D eigenvalue weighted by Crippen LogP contribution is -1.98. The first-order valence-electron chi connectivity index (χ1n) is 3.12. The van der Waals surface area contributed by atoms with Gasteiger partial charge in [0.1, 0.15) is 11.6 Å². The van der Waals surface area contributed by atoms with E-state index in [9.17, 15) is 0 Å². The van der Waals surface area contributed by atoms with Crippen molar-refractivity contribution in [3.05, 3.63) is 11.6 Å². The van der Waals surface area contributed by atoms with Gasteiger partial charge < -0.3 is 0 Å².